The third kappa shape index (κ3) is 5.49. The molecule has 0 radical (unpaired) electrons. The summed E-state index contributed by atoms with van der Waals surface area (Å²) >= 11 is 6.93. The van der Waals surface area contributed by atoms with Crippen LogP contribution in [-0.4, -0.2) is 0 Å². The van der Waals surface area contributed by atoms with E-state index in [-0.39, 0.29) is 0 Å². The highest BCUT2D eigenvalue weighted by atomic mass is 35.7. The smallest absolute Gasteiger partial charge is 0.136 e. The molecule has 0 N–H and O–H groups in total. The Bertz CT molecular complexity index is 814. The molecule has 2 aromatic rings. The molecule has 1 atom stereocenters. The van der Waals surface area contributed by atoms with Crippen LogP contribution in [0.4, 0.5) is 0 Å². The summed E-state index contributed by atoms with van der Waals surface area (Å²) in [5.74, 6) is 1.87. The molecule has 1 heterocycles. The van der Waals surface area contributed by atoms with Crippen LogP contribution in [0.1, 0.15) is 65.5 Å². The average Bonchev–Trinajstić information content (AvgIpc) is 2.57. The van der Waals surface area contributed by atoms with Crippen LogP contribution in [0.3, 0.4) is 0 Å². The summed E-state index contributed by atoms with van der Waals surface area (Å²) in [7, 11) is -0.875. The first kappa shape index (κ1) is 20.7. The Balaban J connectivity index is 1.80. The number of hydrogen-bond acceptors (Lipinski definition) is 1. The van der Waals surface area contributed by atoms with Crippen LogP contribution in [0.2, 0.25) is 0 Å². The number of rotatable bonds is 4. The lowest BCUT2D eigenvalue weighted by Crippen LogP contribution is -2.20. The second kappa shape index (κ2) is 7.76. The van der Waals surface area contributed by atoms with Crippen LogP contribution in [0, 0.1) is 10.8 Å². The van der Waals surface area contributed by atoms with Crippen LogP contribution < -0.4 is 15.3 Å². The predicted octanol–water partition coefficient (Wildman–Crippen LogP) is 7.34. The zero-order valence-corrected chi connectivity index (χ0v) is 19.2. The summed E-state index contributed by atoms with van der Waals surface area (Å²) in [6.07, 6.45) is 4.48. The van der Waals surface area contributed by atoms with Crippen LogP contribution in [0.15, 0.2) is 36.4 Å². The van der Waals surface area contributed by atoms with Crippen molar-refractivity contribution >= 4 is 29.1 Å². The van der Waals surface area contributed by atoms with Gasteiger partial charge in [-0.3, -0.25) is 0 Å². The molecule has 0 amide bonds. The van der Waals surface area contributed by atoms with Gasteiger partial charge in [0.05, 0.1) is 7.27 Å². The highest BCUT2D eigenvalue weighted by Gasteiger charge is 2.26. The van der Waals surface area contributed by atoms with Gasteiger partial charge in [0.2, 0.25) is 0 Å². The molecule has 3 heteroatoms. The number of ether oxygens (including phenoxy) is 1. The van der Waals surface area contributed by atoms with Crippen molar-refractivity contribution in [2.24, 2.45) is 10.8 Å². The van der Waals surface area contributed by atoms with Gasteiger partial charge in [0, 0.05) is 10.6 Å². The van der Waals surface area contributed by atoms with Crippen molar-refractivity contribution in [2.45, 2.75) is 67.2 Å². The van der Waals surface area contributed by atoms with Crippen molar-refractivity contribution in [1.29, 1.82) is 0 Å². The number of benzene rings is 2. The van der Waals surface area contributed by atoms with Crippen LogP contribution in [0.5, 0.6) is 11.5 Å². The van der Waals surface area contributed by atoms with Gasteiger partial charge in [-0.1, -0.05) is 64.9 Å². The summed E-state index contributed by atoms with van der Waals surface area (Å²) in [6.45, 7) is 13.7. The normalized spacial score (nSPS) is 16.5. The monoisotopic (exact) mass is 402 g/mol. The third-order valence-corrected chi connectivity index (χ3v) is 7.68. The van der Waals surface area contributed by atoms with E-state index < -0.39 is 7.27 Å². The fourth-order valence-electron chi connectivity index (χ4n) is 3.20. The Labute approximate surface area is 171 Å². The van der Waals surface area contributed by atoms with Gasteiger partial charge in [-0.05, 0) is 71.9 Å². The van der Waals surface area contributed by atoms with E-state index >= 15 is 0 Å². The second-order valence-electron chi connectivity index (χ2n) is 10.1. The molecule has 2 aromatic carbocycles. The first-order valence-corrected chi connectivity index (χ1v) is 12.2. The van der Waals surface area contributed by atoms with Gasteiger partial charge in [-0.2, -0.15) is 0 Å². The molecule has 0 aromatic heterocycles. The van der Waals surface area contributed by atoms with Gasteiger partial charge in [0.1, 0.15) is 11.5 Å². The molecule has 0 saturated carbocycles. The number of fused-ring (bicyclic) bond motifs is 2. The lowest BCUT2D eigenvalue weighted by molar-refractivity contribution is 0.377. The summed E-state index contributed by atoms with van der Waals surface area (Å²) in [6, 6.07) is 13.2. The van der Waals surface area contributed by atoms with Crippen molar-refractivity contribution < 1.29 is 4.74 Å². The molecule has 0 fully saturated rings. The van der Waals surface area contributed by atoms with E-state index in [0.29, 0.717) is 10.8 Å². The van der Waals surface area contributed by atoms with Crippen molar-refractivity contribution in [3.05, 3.63) is 47.5 Å². The van der Waals surface area contributed by atoms with E-state index in [1.54, 1.807) is 0 Å². The van der Waals surface area contributed by atoms with Crippen molar-refractivity contribution in [3.63, 3.8) is 0 Å². The molecule has 1 aliphatic heterocycles. The minimum absolute atomic E-state index is 0.339. The van der Waals surface area contributed by atoms with E-state index in [9.17, 15) is 0 Å². The van der Waals surface area contributed by atoms with E-state index in [2.05, 4.69) is 77.9 Å². The maximum absolute atomic E-state index is 6.93. The molecule has 0 bridgehead atoms. The molecule has 0 spiro atoms. The van der Waals surface area contributed by atoms with Crippen molar-refractivity contribution in [3.8, 4) is 11.5 Å². The van der Waals surface area contributed by atoms with E-state index in [4.69, 9.17) is 16.0 Å². The molecular formula is C24H32ClOP. The Hall–Kier alpha value is -1.04. The van der Waals surface area contributed by atoms with E-state index in [1.807, 2.05) is 0 Å². The lowest BCUT2D eigenvalue weighted by atomic mass is 9.88. The van der Waals surface area contributed by atoms with Gasteiger partial charge < -0.3 is 4.74 Å². The standard InChI is InChI=1S/C24H32ClOP/c1-23(2,3)13-11-17-8-10-21-20(15-17)26-19-9-7-18(12-14-24(4,5)6)16-22(19)27(21)25/h7-10,15-16H,11-14H2,1-6H3. The Morgan fingerprint density at radius 1 is 0.741 bits per heavy atom. The van der Waals surface area contributed by atoms with Crippen molar-refractivity contribution in [1.82, 2.24) is 0 Å². The molecule has 27 heavy (non-hydrogen) atoms. The predicted molar refractivity (Wildman–Crippen MR) is 121 cm³/mol. The molecular weight excluding hydrogens is 371 g/mol. The van der Waals surface area contributed by atoms with Gasteiger partial charge in [0.15, 0.2) is 0 Å². The molecule has 1 unspecified atom stereocenters. The SMILES string of the molecule is CC(C)(C)CCc1ccc2c(c1)Oc1ccc(CCC(C)(C)C)cc1P2Cl. The topological polar surface area (TPSA) is 9.23 Å². The second-order valence-corrected chi connectivity index (χ2v) is 12.6. The Morgan fingerprint density at radius 3 is 1.89 bits per heavy atom. The zero-order valence-electron chi connectivity index (χ0n) is 17.5. The van der Waals surface area contributed by atoms with Gasteiger partial charge >= 0.3 is 0 Å². The maximum atomic E-state index is 6.93. The fraction of sp³-hybridized carbons (Fsp3) is 0.500. The van der Waals surface area contributed by atoms with Crippen LogP contribution in [-0.2, 0) is 12.8 Å². The van der Waals surface area contributed by atoms with Gasteiger partial charge in [-0.25, -0.2) is 0 Å². The number of hydrogen-bond donors (Lipinski definition) is 0. The zero-order chi connectivity index (χ0) is 19.8. The molecule has 1 aliphatic rings. The van der Waals surface area contributed by atoms with E-state index in [1.165, 1.54) is 17.5 Å². The van der Waals surface area contributed by atoms with Crippen LogP contribution in [0.25, 0.3) is 0 Å². The summed E-state index contributed by atoms with van der Waals surface area (Å²) in [5, 5.41) is 2.31. The van der Waals surface area contributed by atoms with Gasteiger partial charge in [0.25, 0.3) is 0 Å². The third-order valence-electron chi connectivity index (χ3n) is 5.02. The Morgan fingerprint density at radius 2 is 1.30 bits per heavy atom. The summed E-state index contributed by atoms with van der Waals surface area (Å²) in [4.78, 5) is 0. The molecule has 0 aliphatic carbocycles. The quantitative estimate of drug-likeness (QED) is 0.486. The number of aryl methyl sites for hydroxylation is 2. The van der Waals surface area contributed by atoms with Crippen molar-refractivity contribution in [2.75, 3.05) is 0 Å². The summed E-state index contributed by atoms with van der Waals surface area (Å²) < 4.78 is 6.25. The van der Waals surface area contributed by atoms with E-state index in [0.717, 1.165) is 41.4 Å². The molecule has 3 rings (SSSR count). The number of halogens is 1. The summed E-state index contributed by atoms with van der Waals surface area (Å²) in [5.41, 5.74) is 3.36. The molecule has 1 nitrogen and oxygen atoms in total. The Kier molecular flexibility index (Phi) is 5.95. The highest BCUT2D eigenvalue weighted by Crippen LogP contribution is 2.49. The first-order valence-electron chi connectivity index (χ1n) is 9.91. The van der Waals surface area contributed by atoms with Crippen LogP contribution >= 0.6 is 18.5 Å². The minimum atomic E-state index is -0.875. The van der Waals surface area contributed by atoms with Gasteiger partial charge in [-0.15, -0.1) is 0 Å². The first-order chi connectivity index (χ1) is 12.5. The molecule has 0 saturated heterocycles. The highest BCUT2D eigenvalue weighted by molar-refractivity contribution is 7.96. The minimum Gasteiger partial charge on any atom is -0.456 e. The molecule has 146 valence electrons. The maximum Gasteiger partial charge on any atom is 0.136 e. The average molecular weight is 403 g/mol. The lowest BCUT2D eigenvalue weighted by Gasteiger charge is -2.26. The largest absolute Gasteiger partial charge is 0.456 e. The fourth-order valence-corrected chi connectivity index (χ4v) is 5.38.